The molecule has 1 heterocycles. The first-order valence-electron chi connectivity index (χ1n) is 11.6. The van der Waals surface area contributed by atoms with E-state index in [0.29, 0.717) is 16.9 Å². The molecule has 0 radical (unpaired) electrons. The van der Waals surface area contributed by atoms with Gasteiger partial charge in [-0.2, -0.15) is 8.42 Å². The second-order valence-corrected chi connectivity index (χ2v) is 12.6. The lowest BCUT2D eigenvalue weighted by atomic mass is 9.84. The van der Waals surface area contributed by atoms with Crippen LogP contribution in [0.25, 0.3) is 11.0 Å². The molecule has 0 unspecified atom stereocenters. The molecule has 0 atom stereocenters. The number of halogens is 1. The van der Waals surface area contributed by atoms with Crippen molar-refractivity contribution in [3.05, 3.63) is 83.4 Å². The fourth-order valence-corrected chi connectivity index (χ4v) is 6.83. The Hall–Kier alpha value is -3.01. The van der Waals surface area contributed by atoms with Crippen molar-refractivity contribution < 1.29 is 21.3 Å². The number of para-hydroxylation sites is 1. The predicted octanol–water partition coefficient (Wildman–Crippen LogP) is 6.74. The second-order valence-electron chi connectivity index (χ2n) is 8.91. The highest BCUT2D eigenvalue weighted by atomic mass is 35.5. The Kier molecular flexibility index (Phi) is 6.72. The highest BCUT2D eigenvalue weighted by Gasteiger charge is 2.24. The molecule has 1 fully saturated rings. The normalized spacial score (nSPS) is 15.1. The van der Waals surface area contributed by atoms with Crippen molar-refractivity contribution in [1.82, 2.24) is 0 Å². The Bertz CT molecular complexity index is 1570. The van der Waals surface area contributed by atoms with Crippen molar-refractivity contribution in [2.45, 2.75) is 48.0 Å². The maximum atomic E-state index is 13.1. The molecule has 1 aliphatic carbocycles. The van der Waals surface area contributed by atoms with Gasteiger partial charge in [0.05, 0.1) is 16.3 Å². The fraction of sp³-hybridized carbons (Fsp3) is 0.231. The van der Waals surface area contributed by atoms with Gasteiger partial charge in [0.2, 0.25) is 5.09 Å². The lowest BCUT2D eigenvalue weighted by Crippen LogP contribution is -2.17. The van der Waals surface area contributed by atoms with E-state index in [-0.39, 0.29) is 26.4 Å². The van der Waals surface area contributed by atoms with Gasteiger partial charge in [-0.15, -0.1) is 0 Å². The molecule has 1 aromatic heterocycles. The minimum absolute atomic E-state index is 0.0228. The van der Waals surface area contributed by atoms with Gasteiger partial charge in [0.25, 0.3) is 20.0 Å². The van der Waals surface area contributed by atoms with Crippen LogP contribution in [0.4, 0.5) is 11.4 Å². The molecular formula is C26H25ClN2O5S2. The van der Waals surface area contributed by atoms with Gasteiger partial charge < -0.3 is 4.42 Å². The fourth-order valence-electron chi connectivity index (χ4n) is 4.53. The standard InChI is InChI=1S/C26H25ClN2O5S2/c27-21-12-15-23(24(17-21)29-36(32,33)26-16-20-8-4-5-9-25(20)34-26)28-35(30,31)22-13-10-19(11-14-22)18-6-2-1-3-7-18/h4-5,8-18,28-29H,1-3,6-7H2. The number of sulfonamides is 2. The molecule has 188 valence electrons. The largest absolute Gasteiger partial charge is 0.443 e. The van der Waals surface area contributed by atoms with Gasteiger partial charge in [-0.3, -0.25) is 9.44 Å². The number of rotatable bonds is 7. The molecule has 1 saturated carbocycles. The van der Waals surface area contributed by atoms with E-state index in [1.54, 1.807) is 36.4 Å². The summed E-state index contributed by atoms with van der Waals surface area (Å²) in [5, 5.41) is 0.564. The predicted molar refractivity (Wildman–Crippen MR) is 142 cm³/mol. The number of anilines is 2. The van der Waals surface area contributed by atoms with Gasteiger partial charge in [0.1, 0.15) is 5.58 Å². The highest BCUT2D eigenvalue weighted by Crippen LogP contribution is 2.34. The number of furan rings is 1. The molecular weight excluding hydrogens is 520 g/mol. The molecule has 0 aliphatic heterocycles. The van der Waals surface area contributed by atoms with Crippen LogP contribution >= 0.6 is 11.6 Å². The average Bonchev–Trinajstić information content (AvgIpc) is 3.32. The number of hydrogen-bond acceptors (Lipinski definition) is 5. The molecule has 0 bridgehead atoms. The third-order valence-electron chi connectivity index (χ3n) is 6.41. The molecule has 1 aliphatic rings. The minimum atomic E-state index is -4.16. The zero-order chi connectivity index (χ0) is 25.3. The summed E-state index contributed by atoms with van der Waals surface area (Å²) >= 11 is 6.10. The van der Waals surface area contributed by atoms with Crippen LogP contribution in [0.1, 0.15) is 43.6 Å². The summed E-state index contributed by atoms with van der Waals surface area (Å²) in [4.78, 5) is 0.0862. The number of benzene rings is 3. The monoisotopic (exact) mass is 544 g/mol. The first-order valence-corrected chi connectivity index (χ1v) is 15.0. The average molecular weight is 545 g/mol. The molecule has 4 aromatic rings. The molecule has 0 amide bonds. The van der Waals surface area contributed by atoms with E-state index in [2.05, 4.69) is 9.44 Å². The molecule has 0 saturated heterocycles. The summed E-state index contributed by atoms with van der Waals surface area (Å²) in [6.07, 6.45) is 5.86. The minimum Gasteiger partial charge on any atom is -0.443 e. The molecule has 7 nitrogen and oxygen atoms in total. The summed E-state index contributed by atoms with van der Waals surface area (Å²) in [5.74, 6) is 0.457. The number of nitrogens with one attached hydrogen (secondary N) is 2. The van der Waals surface area contributed by atoms with E-state index < -0.39 is 20.0 Å². The summed E-state index contributed by atoms with van der Waals surface area (Å²) in [6, 6.07) is 19.4. The van der Waals surface area contributed by atoms with Crippen LogP contribution in [0.3, 0.4) is 0 Å². The van der Waals surface area contributed by atoms with Crippen LogP contribution in [0, 0.1) is 0 Å². The van der Waals surface area contributed by atoms with Gasteiger partial charge in [-0.25, -0.2) is 8.42 Å². The van der Waals surface area contributed by atoms with Gasteiger partial charge >= 0.3 is 0 Å². The Labute approximate surface area is 215 Å². The van der Waals surface area contributed by atoms with E-state index >= 15 is 0 Å². The molecule has 5 rings (SSSR count). The summed E-state index contributed by atoms with van der Waals surface area (Å²) in [7, 11) is -8.15. The first kappa shape index (κ1) is 24.7. The maximum absolute atomic E-state index is 13.1. The van der Waals surface area contributed by atoms with E-state index in [4.69, 9.17) is 16.0 Å². The second kappa shape index (κ2) is 9.80. The highest BCUT2D eigenvalue weighted by molar-refractivity contribution is 7.93. The van der Waals surface area contributed by atoms with Crippen LogP contribution in [0.5, 0.6) is 0 Å². The van der Waals surface area contributed by atoms with E-state index in [9.17, 15) is 16.8 Å². The Morgan fingerprint density at radius 1 is 0.750 bits per heavy atom. The van der Waals surface area contributed by atoms with Crippen molar-refractivity contribution in [3.8, 4) is 0 Å². The van der Waals surface area contributed by atoms with E-state index in [1.165, 1.54) is 43.5 Å². The first-order chi connectivity index (χ1) is 17.2. The van der Waals surface area contributed by atoms with Gasteiger partial charge in [0, 0.05) is 16.5 Å². The van der Waals surface area contributed by atoms with Crippen LogP contribution < -0.4 is 9.44 Å². The SMILES string of the molecule is O=S(=O)(Nc1ccc(Cl)cc1NS(=O)(=O)c1cc2ccccc2o1)c1ccc(C2CCCCC2)cc1. The zero-order valence-corrected chi connectivity index (χ0v) is 21.7. The lowest BCUT2D eigenvalue weighted by Gasteiger charge is -2.22. The molecule has 0 spiro atoms. The maximum Gasteiger partial charge on any atom is 0.295 e. The number of hydrogen-bond donors (Lipinski definition) is 2. The molecule has 36 heavy (non-hydrogen) atoms. The van der Waals surface area contributed by atoms with Crippen molar-refractivity contribution >= 4 is 54.0 Å². The third kappa shape index (κ3) is 5.23. The van der Waals surface area contributed by atoms with Crippen LogP contribution in [0.2, 0.25) is 5.02 Å². The topological polar surface area (TPSA) is 105 Å². The van der Waals surface area contributed by atoms with Crippen LogP contribution in [-0.2, 0) is 20.0 Å². The number of fused-ring (bicyclic) bond motifs is 1. The quantitative estimate of drug-likeness (QED) is 0.268. The molecule has 3 aromatic carbocycles. The van der Waals surface area contributed by atoms with Crippen molar-refractivity contribution in [2.24, 2.45) is 0 Å². The molecule has 2 N–H and O–H groups in total. The van der Waals surface area contributed by atoms with Gasteiger partial charge in [-0.05, 0) is 60.7 Å². The lowest BCUT2D eigenvalue weighted by molar-refractivity contribution is 0.443. The van der Waals surface area contributed by atoms with Crippen LogP contribution in [-0.4, -0.2) is 16.8 Å². The van der Waals surface area contributed by atoms with Crippen molar-refractivity contribution in [2.75, 3.05) is 9.44 Å². The van der Waals surface area contributed by atoms with E-state index in [0.717, 1.165) is 18.4 Å². The smallest absolute Gasteiger partial charge is 0.295 e. The Morgan fingerprint density at radius 2 is 1.44 bits per heavy atom. The van der Waals surface area contributed by atoms with Crippen molar-refractivity contribution in [1.29, 1.82) is 0 Å². The Balaban J connectivity index is 1.40. The van der Waals surface area contributed by atoms with Gasteiger partial charge in [0.15, 0.2) is 0 Å². The van der Waals surface area contributed by atoms with Crippen molar-refractivity contribution in [3.63, 3.8) is 0 Å². The van der Waals surface area contributed by atoms with Gasteiger partial charge in [-0.1, -0.05) is 61.2 Å². The molecule has 10 heteroatoms. The summed E-state index contributed by atoms with van der Waals surface area (Å²) < 4.78 is 62.7. The van der Waals surface area contributed by atoms with Crippen LogP contribution in [0.15, 0.2) is 87.2 Å². The third-order valence-corrected chi connectivity index (χ3v) is 9.24. The Morgan fingerprint density at radius 3 is 2.17 bits per heavy atom. The summed E-state index contributed by atoms with van der Waals surface area (Å²) in [6.45, 7) is 0. The zero-order valence-electron chi connectivity index (χ0n) is 19.3. The van der Waals surface area contributed by atoms with E-state index in [1.807, 2.05) is 12.1 Å². The summed E-state index contributed by atoms with van der Waals surface area (Å²) in [5.41, 5.74) is 1.57.